The van der Waals surface area contributed by atoms with Gasteiger partial charge in [0, 0.05) is 13.0 Å². The monoisotopic (exact) mass is 328 g/mol. The molecular formula is C18H17FN2O3. The molecule has 0 unspecified atom stereocenters. The number of aryl methyl sites for hydroxylation is 1. The number of halogens is 1. The van der Waals surface area contributed by atoms with Crippen LogP contribution in [0.2, 0.25) is 0 Å². The molecule has 0 aliphatic carbocycles. The third kappa shape index (κ3) is 4.10. The minimum atomic E-state index is -0.300. The van der Waals surface area contributed by atoms with Gasteiger partial charge in [0.25, 0.3) is 5.91 Å². The van der Waals surface area contributed by atoms with Crippen molar-refractivity contribution in [3.63, 3.8) is 0 Å². The first-order valence-corrected chi connectivity index (χ1v) is 7.67. The normalized spacial score (nSPS) is 12.8. The number of anilines is 1. The third-order valence-corrected chi connectivity index (χ3v) is 3.70. The summed E-state index contributed by atoms with van der Waals surface area (Å²) in [6.07, 6.45) is 0.770. The smallest absolute Gasteiger partial charge is 0.262 e. The fourth-order valence-electron chi connectivity index (χ4n) is 2.48. The minimum absolute atomic E-state index is 0.0170. The Morgan fingerprint density at radius 3 is 2.92 bits per heavy atom. The van der Waals surface area contributed by atoms with Crippen LogP contribution in [0, 0.1) is 5.82 Å². The number of amides is 2. The molecule has 0 bridgehead atoms. The average molecular weight is 328 g/mol. The third-order valence-electron chi connectivity index (χ3n) is 3.70. The molecule has 1 heterocycles. The van der Waals surface area contributed by atoms with Crippen molar-refractivity contribution in [2.45, 2.75) is 19.4 Å². The summed E-state index contributed by atoms with van der Waals surface area (Å²) >= 11 is 0. The lowest BCUT2D eigenvalue weighted by Gasteiger charge is -2.18. The van der Waals surface area contributed by atoms with Gasteiger partial charge in [-0.25, -0.2) is 4.39 Å². The zero-order valence-electron chi connectivity index (χ0n) is 13.0. The molecule has 0 aromatic heterocycles. The molecule has 0 atom stereocenters. The molecule has 6 heteroatoms. The second-order valence-electron chi connectivity index (χ2n) is 5.57. The first-order valence-electron chi connectivity index (χ1n) is 7.67. The Labute approximate surface area is 138 Å². The predicted molar refractivity (Wildman–Crippen MR) is 87.1 cm³/mol. The number of carbonyl (C=O) groups excluding carboxylic acids is 2. The molecule has 1 aliphatic rings. The highest BCUT2D eigenvalue weighted by Crippen LogP contribution is 2.28. The summed E-state index contributed by atoms with van der Waals surface area (Å²) < 4.78 is 18.4. The van der Waals surface area contributed by atoms with E-state index in [0.717, 1.165) is 11.1 Å². The Bertz CT molecular complexity index is 777. The summed E-state index contributed by atoms with van der Waals surface area (Å²) in [7, 11) is 0. The van der Waals surface area contributed by atoms with E-state index < -0.39 is 0 Å². The van der Waals surface area contributed by atoms with Gasteiger partial charge < -0.3 is 15.4 Å². The van der Waals surface area contributed by atoms with E-state index in [9.17, 15) is 14.0 Å². The van der Waals surface area contributed by atoms with Crippen LogP contribution in [0.5, 0.6) is 5.75 Å². The van der Waals surface area contributed by atoms with Gasteiger partial charge in [0.05, 0.1) is 5.69 Å². The van der Waals surface area contributed by atoms with Gasteiger partial charge in [-0.3, -0.25) is 9.59 Å². The fraction of sp³-hybridized carbons (Fsp3) is 0.222. The Hall–Kier alpha value is -2.89. The van der Waals surface area contributed by atoms with Crippen molar-refractivity contribution in [3.8, 4) is 5.75 Å². The first-order chi connectivity index (χ1) is 11.6. The highest BCUT2D eigenvalue weighted by atomic mass is 19.1. The number of hydrogen-bond acceptors (Lipinski definition) is 3. The van der Waals surface area contributed by atoms with E-state index in [1.165, 1.54) is 12.1 Å². The quantitative estimate of drug-likeness (QED) is 0.886. The number of nitrogens with one attached hydrogen (secondary N) is 2. The van der Waals surface area contributed by atoms with E-state index in [-0.39, 0.29) is 30.7 Å². The van der Waals surface area contributed by atoms with Crippen LogP contribution in [-0.4, -0.2) is 18.4 Å². The largest absolute Gasteiger partial charge is 0.482 e. The highest BCUT2D eigenvalue weighted by molar-refractivity contribution is 5.95. The predicted octanol–water partition coefficient (Wildman–Crippen LogP) is 2.41. The van der Waals surface area contributed by atoms with E-state index in [1.54, 1.807) is 24.3 Å². The van der Waals surface area contributed by atoms with Crippen molar-refractivity contribution in [1.82, 2.24) is 5.32 Å². The van der Waals surface area contributed by atoms with Crippen LogP contribution < -0.4 is 15.4 Å². The summed E-state index contributed by atoms with van der Waals surface area (Å²) in [6, 6.07) is 11.6. The lowest BCUT2D eigenvalue weighted by Crippen LogP contribution is -2.26. The molecule has 2 aromatic carbocycles. The second kappa shape index (κ2) is 7.12. The van der Waals surface area contributed by atoms with Gasteiger partial charge in [-0.1, -0.05) is 18.2 Å². The first kappa shape index (κ1) is 16.0. The summed E-state index contributed by atoms with van der Waals surface area (Å²) in [5, 5.41) is 5.54. The van der Waals surface area contributed by atoms with E-state index in [1.807, 2.05) is 6.07 Å². The van der Waals surface area contributed by atoms with Crippen molar-refractivity contribution < 1.29 is 18.7 Å². The SMILES string of the molecule is O=C(CCc1cccc(F)c1)NCc1ccc2c(c1)NC(=O)CO2. The van der Waals surface area contributed by atoms with Crippen LogP contribution in [-0.2, 0) is 22.6 Å². The molecule has 2 N–H and O–H groups in total. The van der Waals surface area contributed by atoms with Crippen molar-refractivity contribution in [2.24, 2.45) is 0 Å². The van der Waals surface area contributed by atoms with Crippen LogP contribution in [0.4, 0.5) is 10.1 Å². The number of carbonyl (C=O) groups is 2. The van der Waals surface area contributed by atoms with Crippen molar-refractivity contribution in [2.75, 3.05) is 11.9 Å². The molecule has 0 spiro atoms. The Morgan fingerprint density at radius 2 is 2.08 bits per heavy atom. The molecule has 2 amide bonds. The van der Waals surface area contributed by atoms with E-state index in [4.69, 9.17) is 4.74 Å². The van der Waals surface area contributed by atoms with Gasteiger partial charge in [-0.15, -0.1) is 0 Å². The van der Waals surface area contributed by atoms with Gasteiger partial charge >= 0.3 is 0 Å². The molecule has 2 aromatic rings. The van der Waals surface area contributed by atoms with E-state index >= 15 is 0 Å². The maximum absolute atomic E-state index is 13.1. The molecule has 124 valence electrons. The van der Waals surface area contributed by atoms with Crippen molar-refractivity contribution in [1.29, 1.82) is 0 Å². The number of rotatable bonds is 5. The average Bonchev–Trinajstić information content (AvgIpc) is 2.58. The number of fused-ring (bicyclic) bond motifs is 1. The van der Waals surface area contributed by atoms with Crippen LogP contribution in [0.25, 0.3) is 0 Å². The topological polar surface area (TPSA) is 67.4 Å². The molecule has 0 radical (unpaired) electrons. The number of ether oxygens (including phenoxy) is 1. The van der Waals surface area contributed by atoms with Crippen molar-refractivity contribution >= 4 is 17.5 Å². The molecule has 24 heavy (non-hydrogen) atoms. The molecule has 1 aliphatic heterocycles. The van der Waals surface area contributed by atoms with E-state index in [0.29, 0.717) is 24.4 Å². The highest BCUT2D eigenvalue weighted by Gasteiger charge is 2.15. The molecule has 0 saturated heterocycles. The molecule has 5 nitrogen and oxygen atoms in total. The lowest BCUT2D eigenvalue weighted by molar-refractivity contribution is -0.121. The lowest BCUT2D eigenvalue weighted by atomic mass is 10.1. The van der Waals surface area contributed by atoms with Gasteiger partial charge in [-0.2, -0.15) is 0 Å². The summed E-state index contributed by atoms with van der Waals surface area (Å²) in [5.74, 6) is 0.0121. The summed E-state index contributed by atoms with van der Waals surface area (Å²) in [4.78, 5) is 23.2. The summed E-state index contributed by atoms with van der Waals surface area (Å²) in [5.41, 5.74) is 2.26. The zero-order valence-corrected chi connectivity index (χ0v) is 13.0. The maximum Gasteiger partial charge on any atom is 0.262 e. The minimum Gasteiger partial charge on any atom is -0.482 e. The van der Waals surface area contributed by atoms with Crippen LogP contribution in [0.15, 0.2) is 42.5 Å². The summed E-state index contributed by atoms with van der Waals surface area (Å²) in [6.45, 7) is 0.369. The fourth-order valence-corrected chi connectivity index (χ4v) is 2.48. The van der Waals surface area contributed by atoms with Crippen LogP contribution >= 0.6 is 0 Å². The van der Waals surface area contributed by atoms with Gasteiger partial charge in [0.1, 0.15) is 11.6 Å². The zero-order chi connectivity index (χ0) is 16.9. The van der Waals surface area contributed by atoms with Gasteiger partial charge in [0.15, 0.2) is 6.61 Å². The Kier molecular flexibility index (Phi) is 4.74. The molecular weight excluding hydrogens is 311 g/mol. The maximum atomic E-state index is 13.1. The van der Waals surface area contributed by atoms with Crippen molar-refractivity contribution in [3.05, 3.63) is 59.4 Å². The molecule has 3 rings (SSSR count). The second-order valence-corrected chi connectivity index (χ2v) is 5.57. The Balaban J connectivity index is 1.51. The number of hydrogen-bond donors (Lipinski definition) is 2. The Morgan fingerprint density at radius 1 is 1.21 bits per heavy atom. The van der Waals surface area contributed by atoms with Crippen LogP contribution in [0.1, 0.15) is 17.5 Å². The van der Waals surface area contributed by atoms with E-state index in [2.05, 4.69) is 10.6 Å². The molecule has 0 saturated carbocycles. The number of benzene rings is 2. The van der Waals surface area contributed by atoms with Gasteiger partial charge in [-0.05, 0) is 41.8 Å². The standard InChI is InChI=1S/C18H17FN2O3/c19-14-3-1-2-12(8-14)5-7-17(22)20-10-13-4-6-16-15(9-13)21-18(23)11-24-16/h1-4,6,8-9H,5,7,10-11H2,(H,20,22)(H,21,23). The molecule has 0 fully saturated rings. The van der Waals surface area contributed by atoms with Crippen LogP contribution in [0.3, 0.4) is 0 Å². The van der Waals surface area contributed by atoms with Gasteiger partial charge in [0.2, 0.25) is 5.91 Å².